The van der Waals surface area contributed by atoms with Crippen LogP contribution in [0.4, 0.5) is 0 Å². The number of aromatic nitrogens is 2. The molecule has 0 aliphatic heterocycles. The van der Waals surface area contributed by atoms with E-state index in [0.29, 0.717) is 27.0 Å². The Morgan fingerprint density at radius 3 is 2.59 bits per heavy atom. The summed E-state index contributed by atoms with van der Waals surface area (Å²) in [6.45, 7) is 1.68. The lowest BCUT2D eigenvalue weighted by molar-refractivity contribution is 0.162. The normalized spacial score (nSPS) is 12.9. The van der Waals surface area contributed by atoms with Crippen molar-refractivity contribution in [3.63, 3.8) is 0 Å². The van der Waals surface area contributed by atoms with Crippen molar-refractivity contribution < 1.29 is 13.5 Å². The quantitative estimate of drug-likeness (QED) is 0.610. The summed E-state index contributed by atoms with van der Waals surface area (Å²) < 4.78 is 29.0. The van der Waals surface area contributed by atoms with Crippen LogP contribution in [0.15, 0.2) is 53.6 Å². The lowest BCUT2D eigenvalue weighted by Gasteiger charge is -2.12. The van der Waals surface area contributed by atoms with Gasteiger partial charge in [-0.3, -0.25) is 0 Å². The van der Waals surface area contributed by atoms with Gasteiger partial charge < -0.3 is 9.67 Å². The van der Waals surface area contributed by atoms with Crippen LogP contribution in [0, 0.1) is 6.92 Å². The molecule has 0 spiro atoms. The van der Waals surface area contributed by atoms with Crippen LogP contribution in [-0.4, -0.2) is 23.1 Å². The topological polar surface area (TPSA) is 84.2 Å². The number of rotatable bonds is 5. The van der Waals surface area contributed by atoms with Gasteiger partial charge >= 0.3 is 0 Å². The third kappa shape index (κ3) is 4.17. The molecule has 0 saturated heterocycles. The van der Waals surface area contributed by atoms with Crippen LogP contribution >= 0.6 is 23.2 Å². The number of aryl methyl sites for hydroxylation is 2. The maximum Gasteiger partial charge on any atom is 0.243 e. The monoisotopic (exact) mass is 425 g/mol. The summed E-state index contributed by atoms with van der Waals surface area (Å²) in [7, 11) is -2.20. The van der Waals surface area contributed by atoms with Gasteiger partial charge in [-0.15, -0.1) is 0 Å². The second-order valence-electron chi connectivity index (χ2n) is 6.01. The van der Waals surface area contributed by atoms with Crippen molar-refractivity contribution in [2.75, 3.05) is 0 Å². The fourth-order valence-electron chi connectivity index (χ4n) is 2.67. The van der Waals surface area contributed by atoms with Crippen LogP contribution in [0.1, 0.15) is 17.5 Å². The zero-order valence-corrected chi connectivity index (χ0v) is 16.8. The predicted octanol–water partition coefficient (Wildman–Crippen LogP) is 3.67. The Kier molecular flexibility index (Phi) is 5.60. The number of nitrogens with zero attached hydrogens (tertiary/aromatic N) is 2. The molecule has 0 fully saturated rings. The molecule has 2 N–H and O–H groups in total. The van der Waals surface area contributed by atoms with Gasteiger partial charge in [0.2, 0.25) is 10.0 Å². The highest BCUT2D eigenvalue weighted by atomic mass is 35.5. The molecule has 0 radical (unpaired) electrons. The number of aliphatic hydroxyl groups excluding tert-OH is 1. The van der Waals surface area contributed by atoms with Crippen LogP contribution in [0.25, 0.3) is 11.4 Å². The Hall–Kier alpha value is -1.90. The van der Waals surface area contributed by atoms with Crippen LogP contribution < -0.4 is 4.72 Å². The highest BCUT2D eigenvalue weighted by Gasteiger charge is 2.24. The standard InChI is InChI=1S/C18H17Cl2N3O3S/c1-11-5-3-4-6-16(11)27(25,26)22-18(24)15-10-23(2)17(21-15)13-9-12(19)7-8-14(13)20/h3-10,18,22,24H,1-2H3. The fourth-order valence-corrected chi connectivity index (χ4v) is 4.33. The van der Waals surface area contributed by atoms with Crippen molar-refractivity contribution in [2.45, 2.75) is 18.0 Å². The van der Waals surface area contributed by atoms with Crippen LogP contribution in [0.2, 0.25) is 10.0 Å². The smallest absolute Gasteiger partial charge is 0.243 e. The van der Waals surface area contributed by atoms with Gasteiger partial charge in [0, 0.05) is 23.8 Å². The highest BCUT2D eigenvalue weighted by Crippen LogP contribution is 2.30. The predicted molar refractivity (Wildman–Crippen MR) is 105 cm³/mol. The van der Waals surface area contributed by atoms with Crippen molar-refractivity contribution in [2.24, 2.45) is 7.05 Å². The van der Waals surface area contributed by atoms with Crippen molar-refractivity contribution in [3.05, 3.63) is 70.0 Å². The molecule has 0 amide bonds. The maximum absolute atomic E-state index is 12.6. The molecule has 142 valence electrons. The minimum Gasteiger partial charge on any atom is -0.372 e. The molecule has 27 heavy (non-hydrogen) atoms. The van der Waals surface area contributed by atoms with Crippen LogP contribution in [-0.2, 0) is 17.1 Å². The van der Waals surface area contributed by atoms with E-state index < -0.39 is 16.3 Å². The summed E-state index contributed by atoms with van der Waals surface area (Å²) in [5, 5.41) is 11.3. The first-order valence-corrected chi connectivity index (χ1v) is 10.2. The zero-order valence-electron chi connectivity index (χ0n) is 14.5. The summed E-state index contributed by atoms with van der Waals surface area (Å²) in [4.78, 5) is 4.42. The summed E-state index contributed by atoms with van der Waals surface area (Å²) in [5.41, 5.74) is 1.29. The summed E-state index contributed by atoms with van der Waals surface area (Å²) >= 11 is 12.2. The van der Waals surface area contributed by atoms with E-state index in [4.69, 9.17) is 23.2 Å². The number of halogens is 2. The van der Waals surface area contributed by atoms with E-state index in [0.717, 1.165) is 0 Å². The van der Waals surface area contributed by atoms with E-state index in [-0.39, 0.29) is 10.6 Å². The minimum absolute atomic E-state index is 0.0955. The third-order valence-corrected chi connectivity index (χ3v) is 6.13. The molecule has 1 atom stereocenters. The average molecular weight is 426 g/mol. The first-order chi connectivity index (χ1) is 12.7. The van der Waals surface area contributed by atoms with Gasteiger partial charge in [0.25, 0.3) is 0 Å². The number of hydrogen-bond acceptors (Lipinski definition) is 4. The number of hydrogen-bond donors (Lipinski definition) is 2. The summed E-state index contributed by atoms with van der Waals surface area (Å²) in [6.07, 6.45) is 0.00458. The Labute approximate surface area is 167 Å². The largest absolute Gasteiger partial charge is 0.372 e. The lowest BCUT2D eigenvalue weighted by Crippen LogP contribution is -2.29. The van der Waals surface area contributed by atoms with Gasteiger partial charge in [0.1, 0.15) is 11.5 Å². The molecule has 0 saturated carbocycles. The Bertz CT molecular complexity index is 1100. The van der Waals surface area contributed by atoms with Crippen LogP contribution in [0.5, 0.6) is 0 Å². The molecule has 3 rings (SSSR count). The molecule has 0 aliphatic rings. The maximum atomic E-state index is 12.6. The second kappa shape index (κ2) is 7.61. The molecule has 0 bridgehead atoms. The van der Waals surface area contributed by atoms with Gasteiger partial charge in [-0.05, 0) is 36.8 Å². The van der Waals surface area contributed by atoms with E-state index in [1.54, 1.807) is 54.9 Å². The Balaban J connectivity index is 1.92. The van der Waals surface area contributed by atoms with Crippen molar-refractivity contribution in [1.29, 1.82) is 0 Å². The molecule has 3 aromatic rings. The van der Waals surface area contributed by atoms with E-state index in [1.165, 1.54) is 12.3 Å². The SMILES string of the molecule is Cc1ccccc1S(=O)(=O)NC(O)c1cn(C)c(-c2cc(Cl)ccc2Cl)n1. The molecule has 9 heteroatoms. The molecule has 6 nitrogen and oxygen atoms in total. The van der Waals surface area contributed by atoms with Gasteiger partial charge in [-0.25, -0.2) is 13.4 Å². The molecule has 1 heterocycles. The Morgan fingerprint density at radius 2 is 1.89 bits per heavy atom. The first kappa shape index (κ1) is 19.9. The number of imidazole rings is 1. The molecule has 2 aromatic carbocycles. The second-order valence-corrected chi connectivity index (χ2v) is 8.54. The van der Waals surface area contributed by atoms with Crippen molar-refractivity contribution in [1.82, 2.24) is 14.3 Å². The number of sulfonamides is 1. The number of nitrogens with one attached hydrogen (secondary N) is 1. The number of benzene rings is 2. The number of aliphatic hydroxyl groups is 1. The van der Waals surface area contributed by atoms with E-state index in [2.05, 4.69) is 9.71 Å². The van der Waals surface area contributed by atoms with Crippen molar-refractivity contribution >= 4 is 33.2 Å². The van der Waals surface area contributed by atoms with Gasteiger partial charge in [0.05, 0.1) is 9.92 Å². The van der Waals surface area contributed by atoms with Gasteiger partial charge in [0.15, 0.2) is 6.23 Å². The molecular weight excluding hydrogens is 409 g/mol. The third-order valence-electron chi connectivity index (χ3n) is 3.99. The molecule has 1 aromatic heterocycles. The highest BCUT2D eigenvalue weighted by molar-refractivity contribution is 7.89. The fraction of sp³-hybridized carbons (Fsp3) is 0.167. The summed E-state index contributed by atoms with van der Waals surface area (Å²) in [6, 6.07) is 11.5. The summed E-state index contributed by atoms with van der Waals surface area (Å²) in [5.74, 6) is 0.451. The van der Waals surface area contributed by atoms with Gasteiger partial charge in [-0.1, -0.05) is 41.4 Å². The molecular formula is C18H17Cl2N3O3S. The Morgan fingerprint density at radius 1 is 1.19 bits per heavy atom. The lowest BCUT2D eigenvalue weighted by atomic mass is 10.2. The van der Waals surface area contributed by atoms with Crippen molar-refractivity contribution in [3.8, 4) is 11.4 Å². The van der Waals surface area contributed by atoms with E-state index in [1.807, 2.05) is 0 Å². The van der Waals surface area contributed by atoms with Crippen LogP contribution in [0.3, 0.4) is 0 Å². The van der Waals surface area contributed by atoms with E-state index in [9.17, 15) is 13.5 Å². The molecule has 1 unspecified atom stereocenters. The van der Waals surface area contributed by atoms with Gasteiger partial charge in [-0.2, -0.15) is 4.72 Å². The minimum atomic E-state index is -3.92. The first-order valence-electron chi connectivity index (χ1n) is 7.94. The zero-order chi connectivity index (χ0) is 19.8. The molecule has 0 aliphatic carbocycles. The van der Waals surface area contributed by atoms with E-state index >= 15 is 0 Å². The average Bonchev–Trinajstić information content (AvgIpc) is 2.99.